The number of nitrogens with one attached hydrogen (secondary N) is 3. The highest BCUT2D eigenvalue weighted by atomic mass is 32.2. The van der Waals surface area contributed by atoms with Crippen molar-refractivity contribution in [2.45, 2.75) is 50.1 Å². The number of rotatable bonds is 8. The van der Waals surface area contributed by atoms with Gasteiger partial charge < -0.3 is 16.0 Å². The van der Waals surface area contributed by atoms with Crippen molar-refractivity contribution in [3.8, 4) is 0 Å². The zero-order chi connectivity index (χ0) is 17.4. The van der Waals surface area contributed by atoms with Crippen molar-refractivity contribution in [1.82, 2.24) is 16.0 Å². The van der Waals surface area contributed by atoms with E-state index in [4.69, 9.17) is 0 Å². The fraction of sp³-hybridized carbons (Fsp3) is 0.556. The molecule has 1 fully saturated rings. The van der Waals surface area contributed by atoms with Gasteiger partial charge in [0.2, 0.25) is 5.91 Å². The fourth-order valence-electron chi connectivity index (χ4n) is 2.38. The summed E-state index contributed by atoms with van der Waals surface area (Å²) in [6.07, 6.45) is 5.74. The van der Waals surface area contributed by atoms with Crippen molar-refractivity contribution in [2.75, 3.05) is 19.8 Å². The normalized spacial score (nSPS) is 14.4. The Morgan fingerprint density at radius 1 is 1.33 bits per heavy atom. The zero-order valence-electron chi connectivity index (χ0n) is 14.8. The number of guanidine groups is 1. The largest absolute Gasteiger partial charge is 0.356 e. The summed E-state index contributed by atoms with van der Waals surface area (Å²) in [6, 6.07) is 6.94. The highest BCUT2D eigenvalue weighted by Gasteiger charge is 2.22. The molecule has 6 heteroatoms. The molecule has 2 rings (SSSR count). The van der Waals surface area contributed by atoms with Crippen LogP contribution in [0.1, 0.15) is 36.8 Å². The molecule has 0 spiro atoms. The summed E-state index contributed by atoms with van der Waals surface area (Å²) in [6.45, 7) is 3.58. The van der Waals surface area contributed by atoms with E-state index in [2.05, 4.69) is 52.3 Å². The van der Waals surface area contributed by atoms with Gasteiger partial charge in [-0.25, -0.2) is 0 Å². The van der Waals surface area contributed by atoms with Crippen LogP contribution in [0.5, 0.6) is 0 Å². The topological polar surface area (TPSA) is 65.5 Å². The number of nitrogens with zero attached hydrogens (tertiary/aromatic N) is 1. The second-order valence-corrected chi connectivity index (χ2v) is 6.96. The van der Waals surface area contributed by atoms with Gasteiger partial charge in [0.05, 0.1) is 0 Å². The number of aliphatic imine (C=N–C) groups is 1. The van der Waals surface area contributed by atoms with Crippen molar-refractivity contribution in [3.05, 3.63) is 29.3 Å². The average molecular weight is 349 g/mol. The third-order valence-corrected chi connectivity index (χ3v) is 4.75. The molecule has 24 heavy (non-hydrogen) atoms. The quantitative estimate of drug-likeness (QED) is 0.292. The van der Waals surface area contributed by atoms with Crippen molar-refractivity contribution in [2.24, 2.45) is 4.99 Å². The van der Waals surface area contributed by atoms with E-state index in [1.54, 1.807) is 18.8 Å². The highest BCUT2D eigenvalue weighted by Crippen LogP contribution is 2.21. The number of amides is 1. The molecule has 1 aliphatic rings. The molecular weight excluding hydrogens is 320 g/mol. The molecule has 0 heterocycles. The first-order chi connectivity index (χ1) is 11.6. The molecule has 0 atom stereocenters. The number of carbonyl (C=O) groups is 1. The van der Waals surface area contributed by atoms with E-state index in [1.165, 1.54) is 16.0 Å². The summed E-state index contributed by atoms with van der Waals surface area (Å²) < 4.78 is 0. The molecule has 1 saturated carbocycles. The molecule has 0 radical (unpaired) electrons. The van der Waals surface area contributed by atoms with Crippen molar-refractivity contribution in [3.63, 3.8) is 0 Å². The van der Waals surface area contributed by atoms with Crippen LogP contribution in [0.2, 0.25) is 0 Å². The zero-order valence-corrected chi connectivity index (χ0v) is 15.6. The van der Waals surface area contributed by atoms with Crippen LogP contribution in [0.3, 0.4) is 0 Å². The molecule has 3 N–H and O–H groups in total. The summed E-state index contributed by atoms with van der Waals surface area (Å²) >= 11 is 1.76. The molecule has 0 saturated heterocycles. The monoisotopic (exact) mass is 348 g/mol. The van der Waals surface area contributed by atoms with Gasteiger partial charge in [0.25, 0.3) is 0 Å². The summed E-state index contributed by atoms with van der Waals surface area (Å²) in [5, 5.41) is 9.61. The molecule has 1 aromatic rings. The maximum absolute atomic E-state index is 11.6. The first-order valence-electron chi connectivity index (χ1n) is 8.49. The molecule has 1 aromatic carbocycles. The SMILES string of the molecule is CN=C(NCCCC(=O)NC1CC1)NCc1ccc(C)cc1SC. The molecule has 0 aromatic heterocycles. The van der Waals surface area contributed by atoms with Gasteiger partial charge in [-0.15, -0.1) is 11.8 Å². The van der Waals surface area contributed by atoms with Gasteiger partial charge in [-0.3, -0.25) is 9.79 Å². The van der Waals surface area contributed by atoms with E-state index in [9.17, 15) is 4.79 Å². The average Bonchev–Trinajstić information content (AvgIpc) is 3.38. The van der Waals surface area contributed by atoms with E-state index in [0.717, 1.165) is 38.3 Å². The van der Waals surface area contributed by atoms with E-state index >= 15 is 0 Å². The van der Waals surface area contributed by atoms with Gasteiger partial charge in [0, 0.05) is 37.5 Å². The molecular formula is C18H28N4OS. The Morgan fingerprint density at radius 3 is 2.79 bits per heavy atom. The Bertz CT molecular complexity index is 584. The van der Waals surface area contributed by atoms with Crippen molar-refractivity contribution >= 4 is 23.6 Å². The highest BCUT2D eigenvalue weighted by molar-refractivity contribution is 7.98. The molecule has 1 amide bonds. The lowest BCUT2D eigenvalue weighted by Gasteiger charge is -2.14. The molecule has 5 nitrogen and oxygen atoms in total. The number of thioether (sulfide) groups is 1. The van der Waals surface area contributed by atoms with Crippen LogP contribution >= 0.6 is 11.8 Å². The van der Waals surface area contributed by atoms with E-state index in [0.29, 0.717) is 12.5 Å². The van der Waals surface area contributed by atoms with Crippen LogP contribution in [0.15, 0.2) is 28.1 Å². The molecule has 0 bridgehead atoms. The van der Waals surface area contributed by atoms with Crippen molar-refractivity contribution < 1.29 is 4.79 Å². The van der Waals surface area contributed by atoms with Gasteiger partial charge in [-0.1, -0.05) is 12.1 Å². The first kappa shape index (κ1) is 18.6. The summed E-state index contributed by atoms with van der Waals surface area (Å²) in [7, 11) is 1.76. The molecule has 132 valence electrons. The molecule has 1 aliphatic carbocycles. The van der Waals surface area contributed by atoms with Gasteiger partial charge in [0.1, 0.15) is 0 Å². The smallest absolute Gasteiger partial charge is 0.220 e. The second kappa shape index (κ2) is 9.57. The van der Waals surface area contributed by atoms with E-state index < -0.39 is 0 Å². The third kappa shape index (κ3) is 6.43. The standard InChI is InChI=1S/C18H28N4OS/c1-13-6-7-14(16(11-13)24-3)12-21-18(19-2)20-10-4-5-17(23)22-15-8-9-15/h6-7,11,15H,4-5,8-10,12H2,1-3H3,(H,22,23)(H2,19,20,21). The lowest BCUT2D eigenvalue weighted by molar-refractivity contribution is -0.121. The van der Waals surface area contributed by atoms with Crippen molar-refractivity contribution in [1.29, 1.82) is 0 Å². The predicted octanol–water partition coefficient (Wildman–Crippen LogP) is 2.44. The molecule has 0 aliphatic heterocycles. The van der Waals surface area contributed by atoms with Gasteiger partial charge in [0.15, 0.2) is 5.96 Å². The van der Waals surface area contributed by atoms with Crippen LogP contribution in [0.25, 0.3) is 0 Å². The second-order valence-electron chi connectivity index (χ2n) is 6.11. The lowest BCUT2D eigenvalue weighted by Crippen LogP contribution is -2.37. The van der Waals surface area contributed by atoms with Crippen LogP contribution < -0.4 is 16.0 Å². The minimum absolute atomic E-state index is 0.159. The summed E-state index contributed by atoms with van der Waals surface area (Å²) in [5.74, 6) is 0.928. The first-order valence-corrected chi connectivity index (χ1v) is 9.72. The van der Waals surface area contributed by atoms with Crippen LogP contribution in [-0.2, 0) is 11.3 Å². The maximum Gasteiger partial charge on any atom is 0.220 e. The minimum Gasteiger partial charge on any atom is -0.356 e. The minimum atomic E-state index is 0.159. The summed E-state index contributed by atoms with van der Waals surface area (Å²) in [4.78, 5) is 17.2. The molecule has 0 unspecified atom stereocenters. The number of hydrogen-bond acceptors (Lipinski definition) is 3. The van der Waals surface area contributed by atoms with Crippen LogP contribution in [0, 0.1) is 6.92 Å². The lowest BCUT2D eigenvalue weighted by atomic mass is 10.1. The van der Waals surface area contributed by atoms with E-state index in [1.807, 2.05) is 0 Å². The number of aryl methyl sites for hydroxylation is 1. The fourth-order valence-corrected chi connectivity index (χ4v) is 3.09. The number of carbonyl (C=O) groups excluding carboxylic acids is 1. The van der Waals surface area contributed by atoms with Gasteiger partial charge in [-0.05, 0) is 49.6 Å². The van der Waals surface area contributed by atoms with Gasteiger partial charge in [-0.2, -0.15) is 0 Å². The Kier molecular flexibility index (Phi) is 7.43. The predicted molar refractivity (Wildman–Crippen MR) is 102 cm³/mol. The Balaban J connectivity index is 1.69. The number of benzene rings is 1. The van der Waals surface area contributed by atoms with Gasteiger partial charge >= 0.3 is 0 Å². The Morgan fingerprint density at radius 2 is 2.12 bits per heavy atom. The Labute approximate surface area is 149 Å². The maximum atomic E-state index is 11.6. The Hall–Kier alpha value is -1.69. The van der Waals surface area contributed by atoms with Crippen LogP contribution in [0.4, 0.5) is 0 Å². The van der Waals surface area contributed by atoms with E-state index in [-0.39, 0.29) is 5.91 Å². The third-order valence-electron chi connectivity index (χ3n) is 3.93. The summed E-state index contributed by atoms with van der Waals surface area (Å²) in [5.41, 5.74) is 2.54. The number of hydrogen-bond donors (Lipinski definition) is 3. The van der Waals surface area contributed by atoms with Crippen LogP contribution in [-0.4, -0.2) is 37.8 Å².